The van der Waals surface area contributed by atoms with E-state index in [0.29, 0.717) is 0 Å². The van der Waals surface area contributed by atoms with Crippen molar-refractivity contribution in [1.82, 2.24) is 20.4 Å². The molecule has 0 saturated carbocycles. The van der Waals surface area contributed by atoms with E-state index >= 15 is 0 Å². The third-order valence-electron chi connectivity index (χ3n) is 8.39. The standard InChI is InChI=1S/C37H32N4O6/c1-23(39-33(43)31(21-25-14-6-3-7-15-25)41-36(46)28-18-10-11-19-29(28)37(41)47)22-38-32(42)30(20-24-12-4-2-5-13-24)40-34(44)26-16-8-9-17-27(26)35(40)45/h2-19,23,30-31H,20-22H2,1H3,(H,38,42)(H,39,43). The minimum atomic E-state index is -1.15. The van der Waals surface area contributed by atoms with Gasteiger partial charge in [0.1, 0.15) is 12.1 Å². The number of carbonyl (C=O) groups excluding carboxylic acids is 6. The SMILES string of the molecule is CC(CNC(=O)C(Cc1ccccc1)N1C(=O)c2ccccc2C1=O)NC(=O)C(Cc1ccccc1)N1C(=O)c2ccccc2C1=O. The maximum atomic E-state index is 13.8. The molecule has 10 heteroatoms. The Morgan fingerprint density at radius 3 is 1.26 bits per heavy atom. The summed E-state index contributed by atoms with van der Waals surface area (Å²) < 4.78 is 0. The van der Waals surface area contributed by atoms with Crippen LogP contribution in [0.25, 0.3) is 0 Å². The van der Waals surface area contributed by atoms with Gasteiger partial charge in [0.2, 0.25) is 11.8 Å². The number of hydrogen-bond acceptors (Lipinski definition) is 6. The van der Waals surface area contributed by atoms with E-state index in [4.69, 9.17) is 0 Å². The van der Waals surface area contributed by atoms with Crippen molar-refractivity contribution in [2.75, 3.05) is 6.54 Å². The lowest BCUT2D eigenvalue weighted by Gasteiger charge is -2.28. The van der Waals surface area contributed by atoms with E-state index in [0.717, 1.165) is 20.9 Å². The summed E-state index contributed by atoms with van der Waals surface area (Å²) >= 11 is 0. The van der Waals surface area contributed by atoms with Crippen molar-refractivity contribution in [3.63, 3.8) is 0 Å². The number of benzene rings is 4. The van der Waals surface area contributed by atoms with E-state index in [1.54, 1.807) is 55.5 Å². The van der Waals surface area contributed by atoms with Crippen LogP contribution in [0.2, 0.25) is 0 Å². The molecular weight excluding hydrogens is 596 g/mol. The van der Waals surface area contributed by atoms with Crippen molar-refractivity contribution in [3.8, 4) is 0 Å². The molecule has 0 spiro atoms. The van der Waals surface area contributed by atoms with Crippen LogP contribution in [0.4, 0.5) is 0 Å². The fourth-order valence-electron chi connectivity index (χ4n) is 6.02. The number of fused-ring (bicyclic) bond motifs is 2. The summed E-state index contributed by atoms with van der Waals surface area (Å²) in [6, 6.07) is 28.1. The molecule has 6 rings (SSSR count). The summed E-state index contributed by atoms with van der Waals surface area (Å²) in [7, 11) is 0. The molecule has 10 nitrogen and oxygen atoms in total. The highest BCUT2D eigenvalue weighted by atomic mass is 16.2. The maximum Gasteiger partial charge on any atom is 0.262 e. The molecule has 2 heterocycles. The second-order valence-electron chi connectivity index (χ2n) is 11.6. The largest absolute Gasteiger partial charge is 0.352 e. The molecule has 236 valence electrons. The number of amides is 6. The summed E-state index contributed by atoms with van der Waals surface area (Å²) in [6.45, 7) is 1.63. The maximum absolute atomic E-state index is 13.8. The molecule has 0 aliphatic carbocycles. The molecular formula is C37H32N4O6. The lowest BCUT2D eigenvalue weighted by molar-refractivity contribution is -0.127. The van der Waals surface area contributed by atoms with E-state index in [9.17, 15) is 28.8 Å². The van der Waals surface area contributed by atoms with Gasteiger partial charge in [0.05, 0.1) is 22.3 Å². The first kappa shape index (κ1) is 31.1. The minimum Gasteiger partial charge on any atom is -0.352 e. The van der Waals surface area contributed by atoms with Crippen LogP contribution >= 0.6 is 0 Å². The molecule has 2 N–H and O–H groups in total. The molecule has 4 aromatic rings. The van der Waals surface area contributed by atoms with Gasteiger partial charge in [0, 0.05) is 25.4 Å². The zero-order valence-corrected chi connectivity index (χ0v) is 25.6. The lowest BCUT2D eigenvalue weighted by Crippen LogP contribution is -2.55. The molecule has 0 radical (unpaired) electrons. The van der Waals surface area contributed by atoms with E-state index in [-0.39, 0.29) is 41.6 Å². The Hall–Kier alpha value is -5.90. The zero-order valence-electron chi connectivity index (χ0n) is 25.6. The van der Waals surface area contributed by atoms with Crippen molar-refractivity contribution >= 4 is 35.4 Å². The van der Waals surface area contributed by atoms with Gasteiger partial charge in [0.15, 0.2) is 0 Å². The van der Waals surface area contributed by atoms with Crippen LogP contribution < -0.4 is 10.6 Å². The first-order chi connectivity index (χ1) is 22.7. The Kier molecular flexibility index (Phi) is 8.75. The van der Waals surface area contributed by atoms with Gasteiger partial charge in [-0.25, -0.2) is 0 Å². The van der Waals surface area contributed by atoms with Gasteiger partial charge in [-0.05, 0) is 42.3 Å². The van der Waals surface area contributed by atoms with Crippen LogP contribution in [0, 0.1) is 0 Å². The topological polar surface area (TPSA) is 133 Å². The summed E-state index contributed by atoms with van der Waals surface area (Å²) in [4.78, 5) is 82.8. The summed E-state index contributed by atoms with van der Waals surface area (Å²) in [5.41, 5.74) is 2.47. The van der Waals surface area contributed by atoms with Gasteiger partial charge >= 0.3 is 0 Å². The molecule has 0 aromatic heterocycles. The van der Waals surface area contributed by atoms with Crippen LogP contribution in [-0.2, 0) is 22.4 Å². The van der Waals surface area contributed by atoms with Gasteiger partial charge < -0.3 is 10.6 Å². The molecule has 3 unspecified atom stereocenters. The molecule has 0 saturated heterocycles. The molecule has 2 aliphatic heterocycles. The second kappa shape index (κ2) is 13.2. The highest BCUT2D eigenvalue weighted by molar-refractivity contribution is 6.23. The minimum absolute atomic E-state index is 0.0425. The molecule has 0 fully saturated rings. The van der Waals surface area contributed by atoms with Gasteiger partial charge in [0.25, 0.3) is 23.6 Å². The van der Waals surface area contributed by atoms with Gasteiger partial charge in [-0.2, -0.15) is 0 Å². The fourth-order valence-corrected chi connectivity index (χ4v) is 6.02. The first-order valence-electron chi connectivity index (χ1n) is 15.3. The van der Waals surface area contributed by atoms with E-state index < -0.39 is 53.6 Å². The van der Waals surface area contributed by atoms with E-state index in [1.807, 2.05) is 60.7 Å². The van der Waals surface area contributed by atoms with E-state index in [1.165, 1.54) is 0 Å². The molecule has 4 aromatic carbocycles. The second-order valence-corrected chi connectivity index (χ2v) is 11.6. The molecule has 2 aliphatic rings. The van der Waals surface area contributed by atoms with Crippen molar-refractivity contribution < 1.29 is 28.8 Å². The molecule has 0 bridgehead atoms. The lowest BCUT2D eigenvalue weighted by atomic mass is 10.0. The predicted molar refractivity (Wildman–Crippen MR) is 172 cm³/mol. The van der Waals surface area contributed by atoms with E-state index in [2.05, 4.69) is 10.6 Å². The van der Waals surface area contributed by atoms with Crippen molar-refractivity contribution in [2.24, 2.45) is 0 Å². The first-order valence-corrected chi connectivity index (χ1v) is 15.3. The highest BCUT2D eigenvalue weighted by Gasteiger charge is 2.44. The third-order valence-corrected chi connectivity index (χ3v) is 8.39. The number of hydrogen-bond donors (Lipinski definition) is 2. The molecule has 47 heavy (non-hydrogen) atoms. The number of nitrogens with one attached hydrogen (secondary N) is 2. The van der Waals surface area contributed by atoms with Crippen LogP contribution in [0.5, 0.6) is 0 Å². The third kappa shape index (κ3) is 6.17. The Morgan fingerprint density at radius 2 is 0.872 bits per heavy atom. The van der Waals surface area contributed by atoms with Crippen LogP contribution in [0.3, 0.4) is 0 Å². The Labute approximate surface area is 271 Å². The number of nitrogens with zero attached hydrogens (tertiary/aromatic N) is 2. The highest BCUT2D eigenvalue weighted by Crippen LogP contribution is 2.27. The summed E-state index contributed by atoms with van der Waals surface area (Å²) in [6.07, 6.45) is 0.188. The Morgan fingerprint density at radius 1 is 0.532 bits per heavy atom. The average molecular weight is 629 g/mol. The van der Waals surface area contributed by atoms with Crippen molar-refractivity contribution in [3.05, 3.63) is 143 Å². The molecule has 3 atom stereocenters. The normalized spacial score (nSPS) is 15.6. The van der Waals surface area contributed by atoms with Gasteiger partial charge in [-0.1, -0.05) is 84.9 Å². The Balaban J connectivity index is 1.18. The summed E-state index contributed by atoms with van der Waals surface area (Å²) in [5, 5.41) is 5.64. The van der Waals surface area contributed by atoms with Crippen LogP contribution in [0.15, 0.2) is 109 Å². The van der Waals surface area contributed by atoms with Gasteiger partial charge in [-0.15, -0.1) is 0 Å². The number of carbonyl (C=O) groups is 6. The smallest absolute Gasteiger partial charge is 0.262 e. The number of rotatable bonds is 11. The average Bonchev–Trinajstić information content (AvgIpc) is 3.50. The van der Waals surface area contributed by atoms with Crippen LogP contribution in [0.1, 0.15) is 59.5 Å². The predicted octanol–water partition coefficient (Wildman–Crippen LogP) is 3.42. The monoisotopic (exact) mass is 628 g/mol. The van der Waals surface area contributed by atoms with Crippen LogP contribution in [-0.4, -0.2) is 69.9 Å². The van der Waals surface area contributed by atoms with Crippen molar-refractivity contribution in [2.45, 2.75) is 37.9 Å². The number of imide groups is 2. The zero-order chi connectivity index (χ0) is 33.1. The molecule has 6 amide bonds. The van der Waals surface area contributed by atoms with Gasteiger partial charge in [-0.3, -0.25) is 38.6 Å². The fraction of sp³-hybridized carbons (Fsp3) is 0.189. The van der Waals surface area contributed by atoms with Crippen molar-refractivity contribution in [1.29, 1.82) is 0 Å². The quantitative estimate of drug-likeness (QED) is 0.245. The summed E-state index contributed by atoms with van der Waals surface area (Å²) in [5.74, 6) is -3.32. The Bertz CT molecular complexity index is 1810.